The number of carbonyl (C=O) groups excluding carboxylic acids is 2. The van der Waals surface area contributed by atoms with E-state index in [2.05, 4.69) is 5.32 Å². The molecule has 0 aliphatic heterocycles. The Balaban J connectivity index is 2.73. The van der Waals surface area contributed by atoms with Crippen LogP contribution in [-0.2, 0) is 16.2 Å². The smallest absolute Gasteiger partial charge is 0.243 e. The maximum absolute atomic E-state index is 11.7. The number of aliphatic hydroxyl groups is 1. The summed E-state index contributed by atoms with van der Waals surface area (Å²) in [5.74, 6) is 0.118. The summed E-state index contributed by atoms with van der Waals surface area (Å²) in [4.78, 5) is 24.1. The van der Waals surface area contributed by atoms with Crippen LogP contribution in [0.3, 0.4) is 0 Å². The van der Waals surface area contributed by atoms with Crippen molar-refractivity contribution in [2.75, 3.05) is 25.5 Å². The predicted octanol–water partition coefficient (Wildman–Crippen LogP) is 0.994. The first-order chi connectivity index (χ1) is 9.47. The third-order valence-corrected chi connectivity index (χ3v) is 2.73. The fourth-order valence-corrected chi connectivity index (χ4v) is 1.60. The van der Waals surface area contributed by atoms with E-state index in [-0.39, 0.29) is 25.0 Å². The molecule has 6 heteroatoms. The Bertz CT molecular complexity index is 488. The van der Waals surface area contributed by atoms with Crippen LogP contribution in [0.4, 0.5) is 5.69 Å². The molecule has 0 heterocycles. The number of nitrogens with zero attached hydrogens (tertiary/aromatic N) is 1. The number of rotatable bonds is 6. The van der Waals surface area contributed by atoms with Crippen LogP contribution in [0.25, 0.3) is 0 Å². The summed E-state index contributed by atoms with van der Waals surface area (Å²) in [6.45, 7) is 3.56. The Morgan fingerprint density at radius 2 is 2.10 bits per heavy atom. The molecule has 20 heavy (non-hydrogen) atoms. The van der Waals surface area contributed by atoms with Crippen molar-refractivity contribution in [3.8, 4) is 5.75 Å². The van der Waals surface area contributed by atoms with E-state index in [1.54, 1.807) is 25.2 Å². The molecule has 1 rings (SSSR count). The van der Waals surface area contributed by atoms with Gasteiger partial charge in [0.15, 0.2) is 0 Å². The zero-order valence-corrected chi connectivity index (χ0v) is 12.0. The van der Waals surface area contributed by atoms with E-state index in [1.807, 2.05) is 6.92 Å². The largest absolute Gasteiger partial charge is 0.494 e. The average Bonchev–Trinajstić information content (AvgIpc) is 2.40. The second-order valence-corrected chi connectivity index (χ2v) is 4.34. The van der Waals surface area contributed by atoms with Crippen molar-refractivity contribution >= 4 is 17.5 Å². The van der Waals surface area contributed by atoms with Crippen LogP contribution in [0.15, 0.2) is 18.2 Å². The second-order valence-electron chi connectivity index (χ2n) is 4.34. The number of hydrogen-bond donors (Lipinski definition) is 2. The highest BCUT2D eigenvalue weighted by Crippen LogP contribution is 2.23. The molecule has 2 N–H and O–H groups in total. The Kier molecular flexibility index (Phi) is 5.99. The highest BCUT2D eigenvalue weighted by molar-refractivity contribution is 5.94. The van der Waals surface area contributed by atoms with E-state index in [0.29, 0.717) is 23.6 Å². The minimum atomic E-state index is -0.296. The van der Waals surface area contributed by atoms with E-state index >= 15 is 0 Å². The molecule has 0 bridgehead atoms. The number of benzene rings is 1. The molecule has 0 spiro atoms. The zero-order chi connectivity index (χ0) is 15.1. The lowest BCUT2D eigenvalue weighted by atomic mass is 10.2. The number of carbonyl (C=O) groups is 2. The van der Waals surface area contributed by atoms with Gasteiger partial charge in [-0.05, 0) is 25.1 Å². The van der Waals surface area contributed by atoms with Crippen LogP contribution in [0, 0.1) is 0 Å². The number of likely N-dealkylation sites (N-methyl/N-ethyl adjacent to an activating group) is 1. The molecular formula is C14H20N2O4. The van der Waals surface area contributed by atoms with Crippen molar-refractivity contribution in [2.45, 2.75) is 20.5 Å². The van der Waals surface area contributed by atoms with Gasteiger partial charge in [-0.1, -0.05) is 0 Å². The minimum absolute atomic E-state index is 0.0169. The van der Waals surface area contributed by atoms with Crippen LogP contribution in [-0.4, -0.2) is 42.0 Å². The van der Waals surface area contributed by atoms with E-state index in [1.165, 1.54) is 11.8 Å². The number of ether oxygens (including phenoxy) is 1. The lowest BCUT2D eigenvalue weighted by molar-refractivity contribution is -0.131. The lowest BCUT2D eigenvalue weighted by Crippen LogP contribution is -2.33. The molecule has 1 aromatic rings. The van der Waals surface area contributed by atoms with Gasteiger partial charge in [0.25, 0.3) is 0 Å². The normalized spacial score (nSPS) is 10.0. The van der Waals surface area contributed by atoms with Gasteiger partial charge in [0.1, 0.15) is 5.75 Å². The fourth-order valence-electron chi connectivity index (χ4n) is 1.60. The highest BCUT2D eigenvalue weighted by atomic mass is 16.5. The monoisotopic (exact) mass is 280 g/mol. The van der Waals surface area contributed by atoms with Crippen molar-refractivity contribution < 1.29 is 19.4 Å². The molecule has 0 radical (unpaired) electrons. The maximum Gasteiger partial charge on any atom is 0.243 e. The molecule has 1 aromatic carbocycles. The average molecular weight is 280 g/mol. The number of amides is 2. The van der Waals surface area contributed by atoms with Gasteiger partial charge in [-0.3, -0.25) is 9.59 Å². The van der Waals surface area contributed by atoms with Crippen molar-refractivity contribution in [1.29, 1.82) is 0 Å². The molecular weight excluding hydrogens is 260 g/mol. The van der Waals surface area contributed by atoms with Crippen molar-refractivity contribution in [1.82, 2.24) is 4.90 Å². The first-order valence-electron chi connectivity index (χ1n) is 6.36. The predicted molar refractivity (Wildman–Crippen MR) is 75.5 cm³/mol. The molecule has 0 saturated carbocycles. The van der Waals surface area contributed by atoms with Crippen LogP contribution in [0.5, 0.6) is 5.75 Å². The van der Waals surface area contributed by atoms with Crippen molar-refractivity contribution in [2.24, 2.45) is 0 Å². The summed E-state index contributed by atoms with van der Waals surface area (Å²) in [6.07, 6.45) is 0. The van der Waals surface area contributed by atoms with E-state index in [4.69, 9.17) is 4.74 Å². The topological polar surface area (TPSA) is 78.9 Å². The third-order valence-electron chi connectivity index (χ3n) is 2.73. The van der Waals surface area contributed by atoms with Gasteiger partial charge >= 0.3 is 0 Å². The van der Waals surface area contributed by atoms with Gasteiger partial charge < -0.3 is 20.1 Å². The molecule has 0 aromatic heterocycles. The zero-order valence-electron chi connectivity index (χ0n) is 12.0. The maximum atomic E-state index is 11.7. The summed E-state index contributed by atoms with van der Waals surface area (Å²) in [5, 5.41) is 11.9. The van der Waals surface area contributed by atoms with Crippen molar-refractivity contribution in [3.63, 3.8) is 0 Å². The molecule has 0 saturated heterocycles. The summed E-state index contributed by atoms with van der Waals surface area (Å²) in [5.41, 5.74) is 1.16. The third kappa shape index (κ3) is 4.55. The first kappa shape index (κ1) is 16.0. The summed E-state index contributed by atoms with van der Waals surface area (Å²) in [7, 11) is 1.55. The Hall–Kier alpha value is -2.08. The van der Waals surface area contributed by atoms with Gasteiger partial charge in [-0.15, -0.1) is 0 Å². The van der Waals surface area contributed by atoms with Crippen molar-refractivity contribution in [3.05, 3.63) is 23.8 Å². The molecule has 0 aliphatic rings. The summed E-state index contributed by atoms with van der Waals surface area (Å²) < 4.78 is 5.36. The van der Waals surface area contributed by atoms with Crippen LogP contribution in [0.1, 0.15) is 19.4 Å². The molecule has 0 atom stereocenters. The molecule has 6 nitrogen and oxygen atoms in total. The van der Waals surface area contributed by atoms with Gasteiger partial charge in [-0.2, -0.15) is 0 Å². The first-order valence-corrected chi connectivity index (χ1v) is 6.36. The molecule has 2 amide bonds. The number of anilines is 1. The molecule has 110 valence electrons. The van der Waals surface area contributed by atoms with Crippen LogP contribution in [0.2, 0.25) is 0 Å². The Morgan fingerprint density at radius 3 is 2.65 bits per heavy atom. The van der Waals surface area contributed by atoms with E-state index in [0.717, 1.165) is 0 Å². The Morgan fingerprint density at radius 1 is 1.40 bits per heavy atom. The molecule has 0 unspecified atom stereocenters. The van der Waals surface area contributed by atoms with Gasteiger partial charge in [-0.25, -0.2) is 0 Å². The number of hydrogen-bond acceptors (Lipinski definition) is 4. The summed E-state index contributed by atoms with van der Waals surface area (Å²) in [6, 6.07) is 5.03. The highest BCUT2D eigenvalue weighted by Gasteiger charge is 2.10. The van der Waals surface area contributed by atoms with E-state index < -0.39 is 0 Å². The fraction of sp³-hybridized carbons (Fsp3) is 0.429. The Labute approximate surface area is 118 Å². The quantitative estimate of drug-likeness (QED) is 0.814. The molecule has 0 fully saturated rings. The number of aliphatic hydroxyl groups excluding tert-OH is 1. The standard InChI is InChI=1S/C14H20N2O4/c1-4-20-13-6-5-12(7-11(13)9-17)15-14(19)8-16(3)10(2)18/h5-7,17H,4,8-9H2,1-3H3,(H,15,19). The summed E-state index contributed by atoms with van der Waals surface area (Å²) >= 11 is 0. The van der Waals surface area contributed by atoms with E-state index in [9.17, 15) is 14.7 Å². The SMILES string of the molecule is CCOc1ccc(NC(=O)CN(C)C(C)=O)cc1CO. The van der Waals surface area contributed by atoms with Gasteiger partial charge in [0.05, 0.1) is 19.8 Å². The molecule has 0 aliphatic carbocycles. The van der Waals surface area contributed by atoms with Gasteiger partial charge in [0.2, 0.25) is 11.8 Å². The number of nitrogens with one attached hydrogen (secondary N) is 1. The van der Waals surface area contributed by atoms with Gasteiger partial charge in [0, 0.05) is 25.2 Å². The lowest BCUT2D eigenvalue weighted by Gasteiger charge is -2.15. The minimum Gasteiger partial charge on any atom is -0.494 e. The second kappa shape index (κ2) is 7.49. The van der Waals surface area contributed by atoms with Crippen LogP contribution < -0.4 is 10.1 Å². The van der Waals surface area contributed by atoms with Crippen LogP contribution >= 0.6 is 0 Å².